The maximum Gasteiger partial charge on any atom is 0.246 e. The molecule has 0 aliphatic carbocycles. The van der Waals surface area contributed by atoms with Crippen molar-refractivity contribution >= 4 is 19.9 Å². The van der Waals surface area contributed by atoms with Crippen LogP contribution < -0.4 is 4.74 Å². The minimum absolute atomic E-state index is 0.0668. The molecule has 0 unspecified atom stereocenters. The zero-order chi connectivity index (χ0) is 18.3. The quantitative estimate of drug-likeness (QED) is 0.742. The molecule has 1 aromatic carbocycles. The molecular weight excluding hydrogens is 370 g/mol. The molecule has 2 heterocycles. The first kappa shape index (κ1) is 18.6. The van der Waals surface area contributed by atoms with E-state index >= 15 is 0 Å². The average Bonchev–Trinajstić information content (AvgIpc) is 3.02. The van der Waals surface area contributed by atoms with E-state index in [0.29, 0.717) is 26.1 Å². The highest BCUT2D eigenvalue weighted by molar-refractivity contribution is 7.91. The van der Waals surface area contributed by atoms with Gasteiger partial charge in [-0.2, -0.15) is 4.31 Å². The van der Waals surface area contributed by atoms with Crippen LogP contribution in [-0.4, -0.2) is 66.6 Å². The lowest BCUT2D eigenvalue weighted by atomic mass is 10.1. The number of benzene rings is 1. The van der Waals surface area contributed by atoms with Crippen molar-refractivity contribution in [2.45, 2.75) is 28.4 Å². The van der Waals surface area contributed by atoms with E-state index in [9.17, 15) is 16.8 Å². The Labute approximate surface area is 147 Å². The standard InChI is InChI=1S/C15H21NO7S2/c1-21-13-4-3-12(24(2,17)18)11-14(13)25(19,20)16-7-5-15(6-8-16)22-9-10-23-15/h3-4,11H,5-10H2,1-2H3. The van der Waals surface area contributed by atoms with Gasteiger partial charge in [0.15, 0.2) is 15.6 Å². The number of ether oxygens (including phenoxy) is 3. The highest BCUT2D eigenvalue weighted by Crippen LogP contribution is 2.35. The normalized spacial score (nSPS) is 21.5. The monoisotopic (exact) mass is 391 g/mol. The fourth-order valence-electron chi connectivity index (χ4n) is 3.08. The van der Waals surface area contributed by atoms with E-state index in [4.69, 9.17) is 14.2 Å². The highest BCUT2D eigenvalue weighted by Gasteiger charge is 2.43. The second-order valence-corrected chi connectivity index (χ2v) is 10.0. The van der Waals surface area contributed by atoms with Gasteiger partial charge in [-0.25, -0.2) is 16.8 Å². The van der Waals surface area contributed by atoms with Gasteiger partial charge < -0.3 is 14.2 Å². The number of hydrogen-bond acceptors (Lipinski definition) is 7. The molecule has 2 fully saturated rings. The fraction of sp³-hybridized carbons (Fsp3) is 0.600. The van der Waals surface area contributed by atoms with Gasteiger partial charge in [0.1, 0.15) is 10.6 Å². The Morgan fingerprint density at radius 2 is 1.68 bits per heavy atom. The molecule has 140 valence electrons. The largest absolute Gasteiger partial charge is 0.495 e. The summed E-state index contributed by atoms with van der Waals surface area (Å²) in [5.74, 6) is -0.578. The van der Waals surface area contributed by atoms with Crippen LogP contribution in [0.1, 0.15) is 12.8 Å². The molecule has 10 heteroatoms. The first-order chi connectivity index (χ1) is 11.7. The lowest BCUT2D eigenvalue weighted by Crippen LogP contribution is -2.47. The molecule has 0 amide bonds. The van der Waals surface area contributed by atoms with Crippen LogP contribution in [-0.2, 0) is 29.3 Å². The van der Waals surface area contributed by atoms with Gasteiger partial charge in [-0.3, -0.25) is 0 Å². The molecule has 3 rings (SSSR count). The first-order valence-corrected chi connectivity index (χ1v) is 11.2. The van der Waals surface area contributed by atoms with E-state index in [-0.39, 0.29) is 28.6 Å². The smallest absolute Gasteiger partial charge is 0.246 e. The second-order valence-electron chi connectivity index (χ2n) is 6.10. The van der Waals surface area contributed by atoms with Crippen molar-refractivity contribution in [1.29, 1.82) is 0 Å². The van der Waals surface area contributed by atoms with Crippen LogP contribution in [0.4, 0.5) is 0 Å². The summed E-state index contributed by atoms with van der Waals surface area (Å²) in [6.07, 6.45) is 1.89. The third-order valence-corrected chi connectivity index (χ3v) is 7.51. The predicted octanol–water partition coefficient (Wildman–Crippen LogP) is 0.626. The van der Waals surface area contributed by atoms with E-state index in [0.717, 1.165) is 12.3 Å². The van der Waals surface area contributed by atoms with E-state index in [2.05, 4.69) is 0 Å². The Hall–Kier alpha value is -1.20. The summed E-state index contributed by atoms with van der Waals surface area (Å²) >= 11 is 0. The molecule has 1 aromatic rings. The number of piperidine rings is 1. The minimum atomic E-state index is -3.90. The molecule has 2 aliphatic rings. The first-order valence-electron chi connectivity index (χ1n) is 7.84. The van der Waals surface area contributed by atoms with Gasteiger partial charge >= 0.3 is 0 Å². The molecule has 0 radical (unpaired) electrons. The Bertz CT molecular complexity index is 848. The zero-order valence-electron chi connectivity index (χ0n) is 14.1. The lowest BCUT2D eigenvalue weighted by molar-refractivity contribution is -0.179. The Kier molecular flexibility index (Phi) is 4.84. The SMILES string of the molecule is COc1ccc(S(C)(=O)=O)cc1S(=O)(=O)N1CCC2(CC1)OCCO2. The number of sulfone groups is 1. The molecule has 8 nitrogen and oxygen atoms in total. The summed E-state index contributed by atoms with van der Waals surface area (Å²) in [6.45, 7) is 1.48. The lowest BCUT2D eigenvalue weighted by Gasteiger charge is -2.36. The molecule has 2 aliphatic heterocycles. The second kappa shape index (κ2) is 6.51. The topological polar surface area (TPSA) is 99.2 Å². The van der Waals surface area contributed by atoms with E-state index in [1.165, 1.54) is 23.5 Å². The van der Waals surface area contributed by atoms with Gasteiger partial charge in [0.2, 0.25) is 10.0 Å². The number of nitrogens with zero attached hydrogens (tertiary/aromatic N) is 1. The minimum Gasteiger partial charge on any atom is -0.495 e. The van der Waals surface area contributed by atoms with Crippen LogP contribution >= 0.6 is 0 Å². The summed E-state index contributed by atoms with van der Waals surface area (Å²) in [5, 5.41) is 0. The number of rotatable bonds is 4. The average molecular weight is 391 g/mol. The van der Waals surface area contributed by atoms with Crippen molar-refractivity contribution in [3.8, 4) is 5.75 Å². The summed E-state index contributed by atoms with van der Waals surface area (Å²) < 4.78 is 67.3. The summed E-state index contributed by atoms with van der Waals surface area (Å²) in [6, 6.07) is 3.84. The fourth-order valence-corrected chi connectivity index (χ4v) is 5.43. The molecule has 0 N–H and O–H groups in total. The predicted molar refractivity (Wildman–Crippen MR) is 88.7 cm³/mol. The highest BCUT2D eigenvalue weighted by atomic mass is 32.2. The van der Waals surface area contributed by atoms with E-state index in [1.807, 2.05) is 0 Å². The van der Waals surface area contributed by atoms with Gasteiger partial charge in [0.05, 0.1) is 25.2 Å². The van der Waals surface area contributed by atoms with Gasteiger partial charge in [-0.05, 0) is 18.2 Å². The summed E-state index contributed by atoms with van der Waals surface area (Å²) in [7, 11) is -6.09. The summed E-state index contributed by atoms with van der Waals surface area (Å²) in [5.41, 5.74) is 0. The van der Waals surface area contributed by atoms with E-state index in [1.54, 1.807) is 0 Å². The van der Waals surface area contributed by atoms with Crippen molar-refractivity contribution in [2.75, 3.05) is 39.7 Å². The van der Waals surface area contributed by atoms with Crippen molar-refractivity contribution in [1.82, 2.24) is 4.31 Å². The van der Waals surface area contributed by atoms with Crippen LogP contribution in [0.5, 0.6) is 5.75 Å². The van der Waals surface area contributed by atoms with Crippen molar-refractivity contribution in [3.63, 3.8) is 0 Å². The summed E-state index contributed by atoms with van der Waals surface area (Å²) in [4.78, 5) is -0.218. The Morgan fingerprint density at radius 3 is 2.20 bits per heavy atom. The molecule has 2 saturated heterocycles. The van der Waals surface area contributed by atoms with Crippen LogP contribution in [0, 0.1) is 0 Å². The molecule has 25 heavy (non-hydrogen) atoms. The molecular formula is C15H21NO7S2. The van der Waals surface area contributed by atoms with Crippen LogP contribution in [0.25, 0.3) is 0 Å². The Balaban J connectivity index is 1.92. The zero-order valence-corrected chi connectivity index (χ0v) is 15.7. The number of methoxy groups -OCH3 is 1. The maximum absolute atomic E-state index is 13.0. The third-order valence-electron chi connectivity index (χ3n) is 4.48. The number of sulfonamides is 1. The molecule has 0 atom stereocenters. The van der Waals surface area contributed by atoms with Crippen LogP contribution in [0.15, 0.2) is 28.0 Å². The van der Waals surface area contributed by atoms with Gasteiger partial charge in [0.25, 0.3) is 0 Å². The molecule has 1 spiro atoms. The third kappa shape index (κ3) is 3.54. The molecule has 0 aromatic heterocycles. The van der Waals surface area contributed by atoms with E-state index < -0.39 is 25.6 Å². The molecule has 0 bridgehead atoms. The van der Waals surface area contributed by atoms with Crippen molar-refractivity contribution in [3.05, 3.63) is 18.2 Å². The van der Waals surface area contributed by atoms with Gasteiger partial charge in [0, 0.05) is 32.2 Å². The van der Waals surface area contributed by atoms with Crippen molar-refractivity contribution in [2.24, 2.45) is 0 Å². The van der Waals surface area contributed by atoms with Gasteiger partial charge in [-0.15, -0.1) is 0 Å². The van der Waals surface area contributed by atoms with Crippen molar-refractivity contribution < 1.29 is 31.0 Å². The van der Waals surface area contributed by atoms with Gasteiger partial charge in [-0.1, -0.05) is 0 Å². The Morgan fingerprint density at radius 1 is 1.08 bits per heavy atom. The van der Waals surface area contributed by atoms with Crippen LogP contribution in [0.3, 0.4) is 0 Å². The molecule has 0 saturated carbocycles. The maximum atomic E-state index is 13.0. The van der Waals surface area contributed by atoms with Crippen LogP contribution in [0.2, 0.25) is 0 Å². The number of hydrogen-bond donors (Lipinski definition) is 0.